The van der Waals surface area contributed by atoms with Gasteiger partial charge in [-0.25, -0.2) is 13.1 Å². The molecule has 1 aromatic rings. The lowest BCUT2D eigenvalue weighted by atomic mass is 10.3. The summed E-state index contributed by atoms with van der Waals surface area (Å²) in [6.45, 7) is 3.49. The first-order valence-electron chi connectivity index (χ1n) is 5.42. The zero-order chi connectivity index (χ0) is 13.6. The van der Waals surface area contributed by atoms with Gasteiger partial charge in [0, 0.05) is 25.2 Å². The van der Waals surface area contributed by atoms with E-state index < -0.39 is 14.9 Å². The number of rotatable bonds is 7. The average Bonchev–Trinajstić information content (AvgIpc) is 2.35. The summed E-state index contributed by atoms with van der Waals surface area (Å²) in [7, 11) is -3.60. The summed E-state index contributed by atoms with van der Waals surface area (Å²) >= 11 is 0. The molecule has 0 saturated carbocycles. The molecule has 0 atom stereocenters. The fourth-order valence-electron chi connectivity index (χ4n) is 1.28. The molecule has 7 nitrogen and oxygen atoms in total. The predicted molar refractivity (Wildman–Crippen MR) is 74.1 cm³/mol. The Kier molecular flexibility index (Phi) is 7.53. The van der Waals surface area contributed by atoms with E-state index in [1.54, 1.807) is 0 Å². The monoisotopic (exact) mass is 309 g/mol. The summed E-state index contributed by atoms with van der Waals surface area (Å²) in [4.78, 5) is 9.88. The van der Waals surface area contributed by atoms with Crippen molar-refractivity contribution >= 4 is 28.1 Å². The van der Waals surface area contributed by atoms with Gasteiger partial charge in [0.15, 0.2) is 0 Å². The molecular weight excluding hydrogens is 294 g/mol. The second-order valence-corrected chi connectivity index (χ2v) is 5.27. The van der Waals surface area contributed by atoms with Gasteiger partial charge in [-0.1, -0.05) is 6.92 Å². The highest BCUT2D eigenvalue weighted by atomic mass is 35.5. The SMILES string of the molecule is CCNCCNS(=O)(=O)c1ccc([N+](=O)[O-])cc1.Cl. The third-order valence-electron chi connectivity index (χ3n) is 2.20. The van der Waals surface area contributed by atoms with E-state index in [-0.39, 0.29) is 29.5 Å². The largest absolute Gasteiger partial charge is 0.316 e. The number of likely N-dealkylation sites (N-methyl/N-ethyl adjacent to an activating group) is 1. The molecule has 2 N–H and O–H groups in total. The van der Waals surface area contributed by atoms with Crippen molar-refractivity contribution in [1.82, 2.24) is 10.0 Å². The highest BCUT2D eigenvalue weighted by Gasteiger charge is 2.14. The van der Waals surface area contributed by atoms with Crippen LogP contribution in [0.5, 0.6) is 0 Å². The molecular formula is C10H16ClN3O4S. The molecule has 0 bridgehead atoms. The Morgan fingerprint density at radius 1 is 1.21 bits per heavy atom. The van der Waals surface area contributed by atoms with Crippen LogP contribution in [0.15, 0.2) is 29.2 Å². The van der Waals surface area contributed by atoms with Crippen molar-refractivity contribution in [3.63, 3.8) is 0 Å². The van der Waals surface area contributed by atoms with Crippen LogP contribution < -0.4 is 10.0 Å². The van der Waals surface area contributed by atoms with Crippen molar-refractivity contribution in [1.29, 1.82) is 0 Å². The smallest absolute Gasteiger partial charge is 0.269 e. The van der Waals surface area contributed by atoms with E-state index in [0.717, 1.165) is 6.54 Å². The fourth-order valence-corrected chi connectivity index (χ4v) is 2.31. The Hall–Kier alpha value is -1.22. The van der Waals surface area contributed by atoms with Crippen LogP contribution in [0.4, 0.5) is 5.69 Å². The summed E-state index contributed by atoms with van der Waals surface area (Å²) in [6.07, 6.45) is 0. The van der Waals surface area contributed by atoms with Crippen LogP contribution in [-0.2, 0) is 10.0 Å². The number of non-ortho nitro benzene ring substituents is 1. The molecule has 0 radical (unpaired) electrons. The number of nitro groups is 1. The van der Waals surface area contributed by atoms with Gasteiger partial charge in [-0.3, -0.25) is 10.1 Å². The first-order chi connectivity index (χ1) is 8.47. The maximum absolute atomic E-state index is 11.8. The molecule has 0 aliphatic rings. The zero-order valence-electron chi connectivity index (χ0n) is 10.3. The van der Waals surface area contributed by atoms with E-state index in [0.29, 0.717) is 6.54 Å². The summed E-state index contributed by atoms with van der Waals surface area (Å²) in [5.41, 5.74) is -0.137. The minimum atomic E-state index is -3.60. The molecule has 108 valence electrons. The van der Waals surface area contributed by atoms with Crippen molar-refractivity contribution in [2.24, 2.45) is 0 Å². The van der Waals surface area contributed by atoms with Gasteiger partial charge in [-0.05, 0) is 18.7 Å². The molecule has 1 rings (SSSR count). The van der Waals surface area contributed by atoms with Gasteiger partial charge >= 0.3 is 0 Å². The van der Waals surface area contributed by atoms with Crippen molar-refractivity contribution in [2.75, 3.05) is 19.6 Å². The van der Waals surface area contributed by atoms with Crippen molar-refractivity contribution in [3.8, 4) is 0 Å². The van der Waals surface area contributed by atoms with Crippen LogP contribution in [0.3, 0.4) is 0 Å². The number of halogens is 1. The average molecular weight is 310 g/mol. The molecule has 0 spiro atoms. The zero-order valence-corrected chi connectivity index (χ0v) is 12.0. The normalized spacial score (nSPS) is 10.8. The van der Waals surface area contributed by atoms with Gasteiger partial charge in [0.05, 0.1) is 9.82 Å². The molecule has 0 aliphatic heterocycles. The minimum absolute atomic E-state index is 0. The molecule has 0 unspecified atom stereocenters. The van der Waals surface area contributed by atoms with E-state index in [9.17, 15) is 18.5 Å². The first kappa shape index (κ1) is 17.8. The van der Waals surface area contributed by atoms with Gasteiger partial charge < -0.3 is 5.32 Å². The Bertz CT molecular complexity index is 504. The van der Waals surface area contributed by atoms with Crippen molar-refractivity contribution in [2.45, 2.75) is 11.8 Å². The molecule has 0 fully saturated rings. The number of sulfonamides is 1. The van der Waals surface area contributed by atoms with Crippen LogP contribution >= 0.6 is 12.4 Å². The van der Waals surface area contributed by atoms with Crippen LogP contribution in [0.25, 0.3) is 0 Å². The topological polar surface area (TPSA) is 101 Å². The third-order valence-corrected chi connectivity index (χ3v) is 3.68. The summed E-state index contributed by atoms with van der Waals surface area (Å²) in [5, 5.41) is 13.4. The second-order valence-electron chi connectivity index (χ2n) is 3.50. The highest BCUT2D eigenvalue weighted by molar-refractivity contribution is 7.89. The van der Waals surface area contributed by atoms with Crippen LogP contribution in [0.2, 0.25) is 0 Å². The summed E-state index contributed by atoms with van der Waals surface area (Å²) in [5.74, 6) is 0. The quantitative estimate of drug-likeness (QED) is 0.443. The fraction of sp³-hybridized carbons (Fsp3) is 0.400. The number of nitro benzene ring substituents is 1. The Morgan fingerprint density at radius 3 is 2.26 bits per heavy atom. The van der Waals surface area contributed by atoms with Crippen molar-refractivity contribution < 1.29 is 13.3 Å². The van der Waals surface area contributed by atoms with Crippen molar-refractivity contribution in [3.05, 3.63) is 34.4 Å². The van der Waals surface area contributed by atoms with Crippen LogP contribution in [0, 0.1) is 10.1 Å². The number of benzene rings is 1. The molecule has 0 aromatic heterocycles. The van der Waals surface area contributed by atoms with E-state index in [2.05, 4.69) is 10.0 Å². The number of hydrogen-bond acceptors (Lipinski definition) is 5. The number of nitrogens with zero attached hydrogens (tertiary/aromatic N) is 1. The maximum Gasteiger partial charge on any atom is 0.269 e. The lowest BCUT2D eigenvalue weighted by molar-refractivity contribution is -0.384. The third kappa shape index (κ3) is 5.52. The van der Waals surface area contributed by atoms with Gasteiger partial charge in [0.25, 0.3) is 5.69 Å². The number of hydrogen-bond donors (Lipinski definition) is 2. The summed E-state index contributed by atoms with van der Waals surface area (Å²) in [6, 6.07) is 4.76. The standard InChI is InChI=1S/C10H15N3O4S.ClH/c1-2-11-7-8-12-18(16,17)10-5-3-9(4-6-10)13(14)15;/h3-6,11-12H,2,7-8H2,1H3;1H. The molecule has 0 aliphatic carbocycles. The van der Waals surface area contributed by atoms with E-state index in [4.69, 9.17) is 0 Å². The van der Waals surface area contributed by atoms with E-state index >= 15 is 0 Å². The van der Waals surface area contributed by atoms with Gasteiger partial charge in [-0.2, -0.15) is 0 Å². The molecule has 0 saturated heterocycles. The van der Waals surface area contributed by atoms with Crippen LogP contribution in [0.1, 0.15) is 6.92 Å². The lowest BCUT2D eigenvalue weighted by Gasteiger charge is -2.06. The van der Waals surface area contributed by atoms with Gasteiger partial charge in [-0.15, -0.1) is 12.4 Å². The maximum atomic E-state index is 11.8. The predicted octanol–water partition coefficient (Wildman–Crippen LogP) is 0.904. The molecule has 0 amide bonds. The Labute approximate surface area is 118 Å². The second kappa shape index (κ2) is 8.05. The molecule has 19 heavy (non-hydrogen) atoms. The molecule has 9 heteroatoms. The minimum Gasteiger partial charge on any atom is -0.316 e. The van der Waals surface area contributed by atoms with E-state index in [1.807, 2.05) is 6.92 Å². The number of nitrogens with one attached hydrogen (secondary N) is 2. The van der Waals surface area contributed by atoms with Gasteiger partial charge in [0.2, 0.25) is 10.0 Å². The van der Waals surface area contributed by atoms with Crippen LogP contribution in [-0.4, -0.2) is 33.0 Å². The Balaban J connectivity index is 0.00000324. The Morgan fingerprint density at radius 2 is 1.79 bits per heavy atom. The molecule has 1 aromatic carbocycles. The highest BCUT2D eigenvalue weighted by Crippen LogP contribution is 2.15. The summed E-state index contributed by atoms with van der Waals surface area (Å²) < 4.78 is 25.9. The van der Waals surface area contributed by atoms with Gasteiger partial charge in [0.1, 0.15) is 0 Å². The molecule has 0 heterocycles. The van der Waals surface area contributed by atoms with E-state index in [1.165, 1.54) is 24.3 Å². The first-order valence-corrected chi connectivity index (χ1v) is 6.90. The lowest BCUT2D eigenvalue weighted by Crippen LogP contribution is -2.31.